The number of rotatable bonds is 4. The Kier molecular flexibility index (Phi) is 4.45. The van der Waals surface area contributed by atoms with E-state index in [4.69, 9.17) is 10.3 Å². The zero-order valence-corrected chi connectivity index (χ0v) is 11.9. The second-order valence-electron chi connectivity index (χ2n) is 4.98. The lowest BCUT2D eigenvalue weighted by molar-refractivity contribution is -0.117. The van der Waals surface area contributed by atoms with Gasteiger partial charge in [-0.25, -0.2) is 4.79 Å². The van der Waals surface area contributed by atoms with E-state index >= 15 is 0 Å². The van der Waals surface area contributed by atoms with Gasteiger partial charge in [-0.2, -0.15) is 0 Å². The molecule has 0 N–H and O–H groups in total. The largest absolute Gasteiger partial charge is 0.465 e. The average molecular weight is 288 g/mol. The fourth-order valence-electron chi connectivity index (χ4n) is 2.41. The van der Waals surface area contributed by atoms with Gasteiger partial charge in [-0.15, -0.1) is 0 Å². The monoisotopic (exact) mass is 288 g/mol. The fraction of sp³-hybridized carbons (Fsp3) is 0.429. The Bertz CT molecular complexity index is 623. The van der Waals surface area contributed by atoms with Gasteiger partial charge in [0.1, 0.15) is 0 Å². The lowest BCUT2D eigenvalue weighted by atomic mass is 10.1. The maximum atomic E-state index is 12.1. The Labute approximate surface area is 122 Å². The van der Waals surface area contributed by atoms with Crippen LogP contribution in [-0.2, 0) is 9.53 Å². The molecule has 1 heterocycles. The van der Waals surface area contributed by atoms with Gasteiger partial charge in [0.2, 0.25) is 5.91 Å². The minimum atomic E-state index is -0.424. The summed E-state index contributed by atoms with van der Waals surface area (Å²) >= 11 is 0. The van der Waals surface area contributed by atoms with Crippen LogP contribution in [0.15, 0.2) is 23.3 Å². The zero-order chi connectivity index (χ0) is 15.4. The van der Waals surface area contributed by atoms with Crippen molar-refractivity contribution in [3.8, 4) is 0 Å². The van der Waals surface area contributed by atoms with E-state index in [0.717, 1.165) is 5.56 Å². The third kappa shape index (κ3) is 3.14. The highest BCUT2D eigenvalue weighted by atomic mass is 16.5. The van der Waals surface area contributed by atoms with Crippen LogP contribution >= 0.6 is 0 Å². The first-order valence-electron chi connectivity index (χ1n) is 6.57. The molecule has 0 aromatic heterocycles. The molecule has 1 fully saturated rings. The van der Waals surface area contributed by atoms with Crippen molar-refractivity contribution in [2.75, 3.05) is 25.1 Å². The number of carbonyl (C=O) groups is 2. The molecule has 1 aliphatic heterocycles. The zero-order valence-electron chi connectivity index (χ0n) is 11.9. The van der Waals surface area contributed by atoms with Crippen LogP contribution in [0.3, 0.4) is 0 Å². The number of amides is 1. The second-order valence-corrected chi connectivity index (χ2v) is 4.98. The van der Waals surface area contributed by atoms with Crippen LogP contribution in [0.1, 0.15) is 22.3 Å². The smallest absolute Gasteiger partial charge is 0.338 e. The third-order valence-corrected chi connectivity index (χ3v) is 3.55. The molecule has 21 heavy (non-hydrogen) atoms. The van der Waals surface area contributed by atoms with Gasteiger partial charge in [0.25, 0.3) is 0 Å². The van der Waals surface area contributed by atoms with E-state index in [1.165, 1.54) is 7.11 Å². The first-order chi connectivity index (χ1) is 10.1. The Balaban J connectivity index is 2.24. The Hall–Kier alpha value is -2.53. The number of ether oxygens (including phenoxy) is 1. The molecule has 0 radical (unpaired) electrons. The fourth-order valence-corrected chi connectivity index (χ4v) is 2.41. The van der Waals surface area contributed by atoms with Gasteiger partial charge in [-0.1, -0.05) is 11.2 Å². The molecule has 2 rings (SSSR count). The number of nitrogens with zero attached hydrogens (tertiary/aromatic N) is 4. The number of esters is 1. The highest BCUT2D eigenvalue weighted by Crippen LogP contribution is 2.27. The van der Waals surface area contributed by atoms with Crippen molar-refractivity contribution < 1.29 is 14.3 Å². The summed E-state index contributed by atoms with van der Waals surface area (Å²) in [6.07, 6.45) is 0.348. The SMILES string of the molecule is COC(=O)c1cc(N2CC(CN=[N+]=[N-])CC2=O)ccc1C. The number of azide groups is 1. The predicted molar refractivity (Wildman–Crippen MR) is 77.0 cm³/mol. The standard InChI is InChI=1S/C14H16N4O3/c1-9-3-4-11(6-12(9)14(20)21-2)18-8-10(5-13(18)19)7-16-17-15/h3-4,6,10H,5,7-8H2,1-2H3. The maximum absolute atomic E-state index is 12.1. The van der Waals surface area contributed by atoms with Gasteiger partial charge in [-0.05, 0) is 36.1 Å². The molecular weight excluding hydrogens is 272 g/mol. The van der Waals surface area contributed by atoms with Crippen LogP contribution in [-0.4, -0.2) is 32.1 Å². The van der Waals surface area contributed by atoms with Crippen LogP contribution < -0.4 is 4.90 Å². The third-order valence-electron chi connectivity index (χ3n) is 3.55. The molecule has 7 nitrogen and oxygen atoms in total. The van der Waals surface area contributed by atoms with Gasteiger partial charge in [0, 0.05) is 30.1 Å². The lowest BCUT2D eigenvalue weighted by Gasteiger charge is -2.18. The van der Waals surface area contributed by atoms with Gasteiger partial charge in [0.15, 0.2) is 0 Å². The lowest BCUT2D eigenvalue weighted by Crippen LogP contribution is -2.25. The van der Waals surface area contributed by atoms with Gasteiger partial charge < -0.3 is 9.64 Å². The second kappa shape index (κ2) is 6.28. The molecule has 110 valence electrons. The van der Waals surface area contributed by atoms with Crippen molar-refractivity contribution >= 4 is 17.6 Å². The molecule has 1 unspecified atom stereocenters. The topological polar surface area (TPSA) is 95.4 Å². The summed E-state index contributed by atoms with van der Waals surface area (Å²) in [5, 5.41) is 3.52. The van der Waals surface area contributed by atoms with Crippen LogP contribution in [0.4, 0.5) is 5.69 Å². The van der Waals surface area contributed by atoms with Crippen molar-refractivity contribution in [1.29, 1.82) is 0 Å². The normalized spacial score (nSPS) is 17.5. The van der Waals surface area contributed by atoms with E-state index in [1.54, 1.807) is 23.1 Å². The number of benzene rings is 1. The molecule has 1 saturated heterocycles. The van der Waals surface area contributed by atoms with E-state index in [2.05, 4.69) is 10.0 Å². The van der Waals surface area contributed by atoms with Gasteiger partial charge >= 0.3 is 5.97 Å². The minimum absolute atomic E-state index is 0.0104. The van der Waals surface area contributed by atoms with Crippen LogP contribution in [0.25, 0.3) is 10.4 Å². The van der Waals surface area contributed by atoms with Gasteiger partial charge in [-0.3, -0.25) is 4.79 Å². The van der Waals surface area contributed by atoms with E-state index in [1.807, 2.05) is 6.92 Å². The maximum Gasteiger partial charge on any atom is 0.338 e. The summed E-state index contributed by atoms with van der Waals surface area (Å²) in [6, 6.07) is 5.25. The first-order valence-corrected chi connectivity index (χ1v) is 6.57. The number of aryl methyl sites for hydroxylation is 1. The summed E-state index contributed by atoms with van der Waals surface area (Å²) in [5.74, 6) is -0.448. The molecule has 0 saturated carbocycles. The Morgan fingerprint density at radius 2 is 2.33 bits per heavy atom. The molecule has 0 aliphatic carbocycles. The summed E-state index contributed by atoms with van der Waals surface area (Å²) < 4.78 is 4.74. The van der Waals surface area contributed by atoms with Crippen molar-refractivity contribution in [2.45, 2.75) is 13.3 Å². The molecule has 0 bridgehead atoms. The number of methoxy groups -OCH3 is 1. The number of hydrogen-bond donors (Lipinski definition) is 0. The average Bonchev–Trinajstić information content (AvgIpc) is 2.86. The molecule has 0 spiro atoms. The Morgan fingerprint density at radius 3 is 3.00 bits per heavy atom. The van der Waals surface area contributed by atoms with Crippen molar-refractivity contribution in [2.24, 2.45) is 11.0 Å². The highest BCUT2D eigenvalue weighted by Gasteiger charge is 2.30. The summed E-state index contributed by atoms with van der Waals surface area (Å²) in [7, 11) is 1.32. The molecular formula is C14H16N4O3. The Morgan fingerprint density at radius 1 is 1.57 bits per heavy atom. The van der Waals surface area contributed by atoms with E-state index in [0.29, 0.717) is 30.8 Å². The minimum Gasteiger partial charge on any atom is -0.465 e. The highest BCUT2D eigenvalue weighted by molar-refractivity contribution is 5.98. The molecule has 1 aromatic carbocycles. The van der Waals surface area contributed by atoms with Gasteiger partial charge in [0.05, 0.1) is 12.7 Å². The summed E-state index contributed by atoms with van der Waals surface area (Å²) in [6.45, 7) is 2.60. The molecule has 1 aromatic rings. The summed E-state index contributed by atoms with van der Waals surface area (Å²) in [4.78, 5) is 28.1. The predicted octanol–water partition coefficient (Wildman–Crippen LogP) is 2.44. The number of hydrogen-bond acceptors (Lipinski definition) is 4. The first kappa shape index (κ1) is 14.9. The molecule has 7 heteroatoms. The summed E-state index contributed by atoms with van der Waals surface area (Å²) in [5.41, 5.74) is 10.2. The van der Waals surface area contributed by atoms with Crippen LogP contribution in [0.5, 0.6) is 0 Å². The number of carbonyl (C=O) groups excluding carboxylic acids is 2. The molecule has 1 aliphatic rings. The van der Waals surface area contributed by atoms with E-state index in [-0.39, 0.29) is 11.8 Å². The molecule has 1 atom stereocenters. The van der Waals surface area contributed by atoms with E-state index < -0.39 is 5.97 Å². The number of anilines is 1. The quantitative estimate of drug-likeness (QED) is 0.368. The van der Waals surface area contributed by atoms with E-state index in [9.17, 15) is 9.59 Å². The van der Waals surface area contributed by atoms with Crippen molar-refractivity contribution in [1.82, 2.24) is 0 Å². The van der Waals surface area contributed by atoms with Crippen molar-refractivity contribution in [3.63, 3.8) is 0 Å². The van der Waals surface area contributed by atoms with Crippen LogP contribution in [0, 0.1) is 12.8 Å². The van der Waals surface area contributed by atoms with Crippen molar-refractivity contribution in [3.05, 3.63) is 39.8 Å². The molecule has 1 amide bonds. The van der Waals surface area contributed by atoms with Crippen LogP contribution in [0.2, 0.25) is 0 Å².